The van der Waals surface area contributed by atoms with Crippen molar-refractivity contribution in [2.24, 2.45) is 5.92 Å². The first-order valence-electron chi connectivity index (χ1n) is 8.55. The monoisotopic (exact) mass is 367 g/mol. The van der Waals surface area contributed by atoms with Crippen molar-refractivity contribution in [3.8, 4) is 0 Å². The van der Waals surface area contributed by atoms with Crippen LogP contribution in [0, 0.1) is 12.8 Å². The number of ether oxygens (including phenoxy) is 1. The number of hydrogen-bond acceptors (Lipinski definition) is 4. The highest BCUT2D eigenvalue weighted by Crippen LogP contribution is 2.21. The highest BCUT2D eigenvalue weighted by atomic mass is 35.5. The van der Waals surface area contributed by atoms with Crippen LogP contribution < -0.4 is 5.32 Å². The molecule has 0 aliphatic carbocycles. The Morgan fingerprint density at radius 2 is 1.96 bits per heavy atom. The highest BCUT2D eigenvalue weighted by molar-refractivity contribution is 6.32. The normalized spacial score (nSPS) is 15.8. The number of aryl methyl sites for hydroxylation is 1. The summed E-state index contributed by atoms with van der Waals surface area (Å²) in [4.78, 5) is 30.2. The molecule has 1 N–H and O–H groups in total. The lowest BCUT2D eigenvalue weighted by Gasteiger charge is -2.32. The number of carbonyl (C=O) groups is 2. The number of carbonyl (C=O) groups excluding carboxylic acids is 2. The Morgan fingerprint density at radius 3 is 2.52 bits per heavy atom. The zero-order chi connectivity index (χ0) is 18.6. The number of nitrogens with zero attached hydrogens (tertiary/aromatic N) is 2. The molecule has 1 aromatic rings. The van der Waals surface area contributed by atoms with Crippen LogP contribution in [0.5, 0.6) is 0 Å². The molecule has 2 heterocycles. The van der Waals surface area contributed by atoms with E-state index in [1.807, 2.05) is 27.7 Å². The zero-order valence-electron chi connectivity index (χ0n) is 15.3. The second-order valence-corrected chi connectivity index (χ2v) is 7.77. The molecule has 0 radical (unpaired) electrons. The largest absolute Gasteiger partial charge is 0.444 e. The maximum absolute atomic E-state index is 12.6. The third-order valence-corrected chi connectivity index (χ3v) is 4.34. The Hall–Kier alpha value is -1.82. The molecule has 6 nitrogen and oxygen atoms in total. The van der Waals surface area contributed by atoms with Crippen LogP contribution in [0.25, 0.3) is 0 Å². The second kappa shape index (κ2) is 8.04. The molecule has 0 atom stereocenters. The quantitative estimate of drug-likeness (QED) is 0.831. The predicted octanol–water partition coefficient (Wildman–Crippen LogP) is 3.42. The van der Waals surface area contributed by atoms with Gasteiger partial charge in [0, 0.05) is 25.3 Å². The van der Waals surface area contributed by atoms with Gasteiger partial charge < -0.3 is 15.0 Å². The molecule has 7 heteroatoms. The number of halogens is 1. The van der Waals surface area contributed by atoms with Crippen LogP contribution in [0.15, 0.2) is 12.1 Å². The van der Waals surface area contributed by atoms with Crippen molar-refractivity contribution >= 4 is 23.6 Å². The molecule has 2 amide bonds. The van der Waals surface area contributed by atoms with Crippen molar-refractivity contribution in [2.45, 2.75) is 46.1 Å². The van der Waals surface area contributed by atoms with Gasteiger partial charge in [0.1, 0.15) is 10.8 Å². The summed E-state index contributed by atoms with van der Waals surface area (Å²) >= 11 is 6.09. The van der Waals surface area contributed by atoms with Crippen LogP contribution in [-0.2, 0) is 4.74 Å². The van der Waals surface area contributed by atoms with Crippen LogP contribution in [0.1, 0.15) is 49.7 Å². The van der Waals surface area contributed by atoms with E-state index in [4.69, 9.17) is 16.3 Å². The number of aromatic nitrogens is 1. The highest BCUT2D eigenvalue weighted by Gasteiger charge is 2.26. The van der Waals surface area contributed by atoms with Crippen LogP contribution in [0.4, 0.5) is 4.79 Å². The van der Waals surface area contributed by atoms with E-state index in [9.17, 15) is 9.59 Å². The molecule has 0 spiro atoms. The first kappa shape index (κ1) is 19.5. The minimum atomic E-state index is -0.499. The first-order chi connectivity index (χ1) is 11.7. The van der Waals surface area contributed by atoms with E-state index < -0.39 is 11.7 Å². The number of likely N-dealkylation sites (tertiary alicyclic amines) is 1. The molecule has 138 valence electrons. The number of hydrogen-bond donors (Lipinski definition) is 1. The van der Waals surface area contributed by atoms with Gasteiger partial charge in [0.15, 0.2) is 0 Å². The molecule has 0 unspecified atom stereocenters. The van der Waals surface area contributed by atoms with E-state index in [2.05, 4.69) is 10.3 Å². The summed E-state index contributed by atoms with van der Waals surface area (Å²) in [6, 6.07) is 3.51. The first-order valence-corrected chi connectivity index (χ1v) is 8.93. The number of pyridine rings is 1. The van der Waals surface area contributed by atoms with Gasteiger partial charge in [-0.25, -0.2) is 9.78 Å². The van der Waals surface area contributed by atoms with E-state index in [1.165, 1.54) is 0 Å². The van der Waals surface area contributed by atoms with Gasteiger partial charge in [0.2, 0.25) is 0 Å². The third kappa shape index (κ3) is 5.88. The third-order valence-electron chi connectivity index (χ3n) is 4.05. The minimum Gasteiger partial charge on any atom is -0.444 e. The van der Waals surface area contributed by atoms with E-state index >= 15 is 0 Å². The van der Waals surface area contributed by atoms with Crippen molar-refractivity contribution < 1.29 is 14.3 Å². The van der Waals surface area contributed by atoms with Crippen molar-refractivity contribution in [3.63, 3.8) is 0 Å². The summed E-state index contributed by atoms with van der Waals surface area (Å²) in [5.41, 5.74) is 0.729. The van der Waals surface area contributed by atoms with Gasteiger partial charge in [-0.15, -0.1) is 0 Å². The number of alkyl carbamates (subject to hydrolysis) is 1. The van der Waals surface area contributed by atoms with Crippen molar-refractivity contribution in [1.29, 1.82) is 0 Å². The summed E-state index contributed by atoms with van der Waals surface area (Å²) < 4.78 is 5.23. The summed E-state index contributed by atoms with van der Waals surface area (Å²) in [6.45, 7) is 9.19. The van der Waals surface area contributed by atoms with Crippen molar-refractivity contribution in [2.75, 3.05) is 19.6 Å². The molecule has 25 heavy (non-hydrogen) atoms. The summed E-state index contributed by atoms with van der Waals surface area (Å²) in [6.07, 6.45) is 1.26. The second-order valence-electron chi connectivity index (χ2n) is 7.41. The smallest absolute Gasteiger partial charge is 0.407 e. The molecule has 1 aliphatic heterocycles. The Kier molecular flexibility index (Phi) is 6.27. The average Bonchev–Trinajstić information content (AvgIpc) is 2.51. The van der Waals surface area contributed by atoms with Gasteiger partial charge in [0.25, 0.3) is 5.91 Å². The maximum Gasteiger partial charge on any atom is 0.407 e. The number of nitrogens with one attached hydrogen (secondary N) is 1. The lowest BCUT2D eigenvalue weighted by Crippen LogP contribution is -2.42. The Balaban J connectivity index is 1.81. The zero-order valence-corrected chi connectivity index (χ0v) is 16.0. The Labute approximate surface area is 153 Å². The summed E-state index contributed by atoms with van der Waals surface area (Å²) in [5, 5.41) is 3.05. The summed E-state index contributed by atoms with van der Waals surface area (Å²) in [5.74, 6) is 0.249. The fraction of sp³-hybridized carbons (Fsp3) is 0.611. The van der Waals surface area contributed by atoms with Crippen LogP contribution in [-0.4, -0.2) is 47.1 Å². The molecular formula is C18H26ClN3O3. The fourth-order valence-electron chi connectivity index (χ4n) is 2.74. The van der Waals surface area contributed by atoms with Gasteiger partial charge in [-0.05, 0) is 58.6 Å². The van der Waals surface area contributed by atoms with Gasteiger partial charge in [0.05, 0.1) is 5.56 Å². The van der Waals surface area contributed by atoms with E-state index in [0.717, 1.165) is 18.5 Å². The molecule has 0 aromatic carbocycles. The van der Waals surface area contributed by atoms with Gasteiger partial charge >= 0.3 is 6.09 Å². The minimum absolute atomic E-state index is 0.0870. The van der Waals surface area contributed by atoms with Crippen molar-refractivity contribution in [3.05, 3.63) is 28.5 Å². The molecule has 1 aliphatic rings. The van der Waals surface area contributed by atoms with E-state index in [0.29, 0.717) is 31.1 Å². The van der Waals surface area contributed by atoms with Crippen LogP contribution in [0.2, 0.25) is 5.15 Å². The van der Waals surface area contributed by atoms with Gasteiger partial charge in [-0.1, -0.05) is 11.6 Å². The molecule has 0 bridgehead atoms. The van der Waals surface area contributed by atoms with E-state index in [1.54, 1.807) is 17.0 Å². The van der Waals surface area contributed by atoms with E-state index in [-0.39, 0.29) is 11.1 Å². The van der Waals surface area contributed by atoms with Crippen LogP contribution in [0.3, 0.4) is 0 Å². The average molecular weight is 368 g/mol. The number of amides is 2. The van der Waals surface area contributed by atoms with Crippen molar-refractivity contribution in [1.82, 2.24) is 15.2 Å². The SMILES string of the molecule is Cc1ccc(C(=O)N2CCC(CNC(=O)OC(C)(C)C)CC2)c(Cl)n1. The van der Waals surface area contributed by atoms with Gasteiger partial charge in [-0.2, -0.15) is 0 Å². The van der Waals surface area contributed by atoms with Crippen LogP contribution >= 0.6 is 11.6 Å². The Morgan fingerprint density at radius 1 is 1.32 bits per heavy atom. The molecule has 1 saturated heterocycles. The molecule has 0 saturated carbocycles. The lowest BCUT2D eigenvalue weighted by atomic mass is 9.96. The number of rotatable bonds is 3. The fourth-order valence-corrected chi connectivity index (χ4v) is 3.01. The molecule has 1 fully saturated rings. The Bertz CT molecular complexity index is 635. The molecular weight excluding hydrogens is 342 g/mol. The van der Waals surface area contributed by atoms with Gasteiger partial charge in [-0.3, -0.25) is 4.79 Å². The maximum atomic E-state index is 12.6. The topological polar surface area (TPSA) is 71.5 Å². The summed E-state index contributed by atoms with van der Waals surface area (Å²) in [7, 11) is 0. The lowest BCUT2D eigenvalue weighted by molar-refractivity contribution is 0.0500. The molecule has 1 aromatic heterocycles. The number of piperidine rings is 1. The molecule has 2 rings (SSSR count). The standard InChI is InChI=1S/C18H26ClN3O3/c1-12-5-6-14(15(19)21-12)16(23)22-9-7-13(8-10-22)11-20-17(24)25-18(2,3)4/h5-6,13H,7-11H2,1-4H3,(H,20,24). The predicted molar refractivity (Wildman–Crippen MR) is 96.8 cm³/mol.